The van der Waals surface area contributed by atoms with Gasteiger partial charge < -0.3 is 10.6 Å². The summed E-state index contributed by atoms with van der Waals surface area (Å²) in [5.74, 6) is -1.01. The maximum absolute atomic E-state index is 13.5. The first-order chi connectivity index (χ1) is 8.66. The molecule has 2 rings (SSSR count). The summed E-state index contributed by atoms with van der Waals surface area (Å²) in [5.41, 5.74) is 1.19. The molecule has 0 radical (unpaired) electrons. The van der Waals surface area contributed by atoms with Crippen LogP contribution in [0.3, 0.4) is 0 Å². The molecule has 19 heavy (non-hydrogen) atoms. The molecule has 0 atom stereocenters. The maximum Gasteiger partial charge on any atom is 0.254 e. The molecule has 1 heterocycles. The predicted octanol–water partition coefficient (Wildman–Crippen LogP) is 2.55. The van der Waals surface area contributed by atoms with Crippen molar-refractivity contribution in [3.05, 3.63) is 46.3 Å². The van der Waals surface area contributed by atoms with Gasteiger partial charge in [0.15, 0.2) is 0 Å². The van der Waals surface area contributed by atoms with Crippen LogP contribution in [0, 0.1) is 5.82 Å². The highest BCUT2D eigenvalue weighted by Gasteiger charge is 2.12. The van der Waals surface area contributed by atoms with E-state index in [4.69, 9.17) is 11.6 Å². The Balaban J connectivity index is 0.00000180. The molecule has 0 unspecified atom stereocenters. The van der Waals surface area contributed by atoms with Gasteiger partial charge in [0.25, 0.3) is 5.91 Å². The fourth-order valence-corrected chi connectivity index (χ4v) is 1.95. The molecule has 1 aliphatic heterocycles. The molecule has 1 aliphatic rings. The third-order valence-electron chi connectivity index (χ3n) is 2.81. The molecule has 2 N–H and O–H groups in total. The quantitative estimate of drug-likeness (QED) is 0.843. The number of nitrogens with one attached hydrogen (secondary N) is 2. The zero-order valence-corrected chi connectivity index (χ0v) is 11.8. The highest BCUT2D eigenvalue weighted by atomic mass is 35.5. The van der Waals surface area contributed by atoms with Gasteiger partial charge in [-0.25, -0.2) is 4.39 Å². The minimum atomic E-state index is -0.598. The van der Waals surface area contributed by atoms with Gasteiger partial charge in [-0.05, 0) is 31.2 Å². The van der Waals surface area contributed by atoms with Gasteiger partial charge in [0.05, 0.1) is 5.56 Å². The zero-order chi connectivity index (χ0) is 13.0. The van der Waals surface area contributed by atoms with Crippen LogP contribution in [0.15, 0.2) is 29.8 Å². The predicted molar refractivity (Wildman–Crippen MR) is 76.6 cm³/mol. The molecule has 1 aromatic rings. The SMILES string of the molecule is Cl.O=C(NCC1=CCNCC1)c1ccc(Cl)cc1F. The lowest BCUT2D eigenvalue weighted by Crippen LogP contribution is -2.30. The molecule has 0 spiro atoms. The molecular weight excluding hydrogens is 290 g/mol. The summed E-state index contributed by atoms with van der Waals surface area (Å²) in [4.78, 5) is 11.8. The topological polar surface area (TPSA) is 41.1 Å². The Bertz CT molecular complexity index is 492. The molecule has 0 fully saturated rings. The average molecular weight is 305 g/mol. The highest BCUT2D eigenvalue weighted by molar-refractivity contribution is 6.30. The van der Waals surface area contributed by atoms with E-state index in [-0.39, 0.29) is 23.0 Å². The molecule has 6 heteroatoms. The van der Waals surface area contributed by atoms with Gasteiger partial charge in [-0.3, -0.25) is 4.79 Å². The van der Waals surface area contributed by atoms with Crippen LogP contribution in [-0.2, 0) is 0 Å². The average Bonchev–Trinajstić information content (AvgIpc) is 2.37. The molecule has 1 amide bonds. The van der Waals surface area contributed by atoms with E-state index in [0.29, 0.717) is 6.54 Å². The first kappa shape index (κ1) is 16.0. The lowest BCUT2D eigenvalue weighted by atomic mass is 10.1. The van der Waals surface area contributed by atoms with E-state index in [9.17, 15) is 9.18 Å². The van der Waals surface area contributed by atoms with Crippen LogP contribution in [0.5, 0.6) is 0 Å². The maximum atomic E-state index is 13.5. The molecule has 104 valence electrons. The van der Waals surface area contributed by atoms with E-state index >= 15 is 0 Å². The van der Waals surface area contributed by atoms with Gasteiger partial charge in [-0.1, -0.05) is 23.3 Å². The minimum absolute atomic E-state index is 0. The van der Waals surface area contributed by atoms with E-state index < -0.39 is 11.7 Å². The molecule has 0 saturated carbocycles. The van der Waals surface area contributed by atoms with Gasteiger partial charge in [-0.2, -0.15) is 0 Å². The summed E-state index contributed by atoms with van der Waals surface area (Å²) in [7, 11) is 0. The van der Waals surface area contributed by atoms with Crippen molar-refractivity contribution in [2.75, 3.05) is 19.6 Å². The van der Waals surface area contributed by atoms with Crippen LogP contribution in [0.2, 0.25) is 5.02 Å². The summed E-state index contributed by atoms with van der Waals surface area (Å²) in [6, 6.07) is 4.04. The Hall–Kier alpha value is -1.10. The van der Waals surface area contributed by atoms with Crippen molar-refractivity contribution in [3.63, 3.8) is 0 Å². The Morgan fingerprint density at radius 3 is 2.89 bits per heavy atom. The summed E-state index contributed by atoms with van der Waals surface area (Å²) in [6.45, 7) is 2.19. The standard InChI is InChI=1S/C13H14ClFN2O.ClH/c14-10-1-2-11(12(15)7-10)13(18)17-8-9-3-5-16-6-4-9;/h1-3,7,16H,4-6,8H2,(H,17,18);1H. The van der Waals surface area contributed by atoms with Crippen molar-refractivity contribution < 1.29 is 9.18 Å². The van der Waals surface area contributed by atoms with Gasteiger partial charge in [-0.15, -0.1) is 12.4 Å². The number of carbonyl (C=O) groups is 1. The molecule has 3 nitrogen and oxygen atoms in total. The summed E-state index contributed by atoms with van der Waals surface area (Å²) in [6.07, 6.45) is 2.95. The van der Waals surface area contributed by atoms with E-state index in [1.165, 1.54) is 12.1 Å². The number of halogens is 3. The van der Waals surface area contributed by atoms with Gasteiger partial charge in [0.1, 0.15) is 5.82 Å². The van der Waals surface area contributed by atoms with E-state index in [0.717, 1.165) is 31.1 Å². The molecular formula is C13H15Cl2FN2O. The van der Waals surface area contributed by atoms with Crippen molar-refractivity contribution in [3.8, 4) is 0 Å². The highest BCUT2D eigenvalue weighted by Crippen LogP contribution is 2.14. The summed E-state index contributed by atoms with van der Waals surface area (Å²) in [5, 5.41) is 6.18. The Morgan fingerprint density at radius 2 is 2.26 bits per heavy atom. The lowest BCUT2D eigenvalue weighted by molar-refractivity contribution is 0.0952. The second-order valence-corrected chi connectivity index (χ2v) is 4.56. The monoisotopic (exact) mass is 304 g/mol. The third-order valence-corrected chi connectivity index (χ3v) is 3.04. The Kier molecular flexibility index (Phi) is 6.28. The zero-order valence-electron chi connectivity index (χ0n) is 10.2. The van der Waals surface area contributed by atoms with Crippen molar-refractivity contribution >= 4 is 29.9 Å². The van der Waals surface area contributed by atoms with E-state index in [1.54, 1.807) is 0 Å². The molecule has 0 saturated heterocycles. The Labute approximate surface area is 122 Å². The first-order valence-electron chi connectivity index (χ1n) is 5.78. The fraction of sp³-hybridized carbons (Fsp3) is 0.308. The molecule has 1 aromatic carbocycles. The third kappa shape index (κ3) is 4.49. The van der Waals surface area contributed by atoms with Crippen LogP contribution >= 0.6 is 24.0 Å². The van der Waals surface area contributed by atoms with E-state index in [2.05, 4.69) is 10.6 Å². The second-order valence-electron chi connectivity index (χ2n) is 4.12. The van der Waals surface area contributed by atoms with Crippen molar-refractivity contribution in [2.24, 2.45) is 0 Å². The minimum Gasteiger partial charge on any atom is -0.348 e. The summed E-state index contributed by atoms with van der Waals surface area (Å²) >= 11 is 5.63. The number of rotatable bonds is 3. The van der Waals surface area contributed by atoms with Gasteiger partial charge in [0.2, 0.25) is 0 Å². The Morgan fingerprint density at radius 1 is 1.47 bits per heavy atom. The fourth-order valence-electron chi connectivity index (χ4n) is 1.79. The van der Waals surface area contributed by atoms with E-state index in [1.807, 2.05) is 6.08 Å². The number of hydrogen-bond donors (Lipinski definition) is 2. The normalized spacial score (nSPS) is 14.3. The van der Waals surface area contributed by atoms with Crippen LogP contribution in [0.4, 0.5) is 4.39 Å². The van der Waals surface area contributed by atoms with Crippen LogP contribution in [0.1, 0.15) is 16.8 Å². The van der Waals surface area contributed by atoms with Crippen molar-refractivity contribution in [1.82, 2.24) is 10.6 Å². The lowest BCUT2D eigenvalue weighted by Gasteiger charge is -2.14. The smallest absolute Gasteiger partial charge is 0.254 e. The molecule has 0 aromatic heterocycles. The molecule has 0 aliphatic carbocycles. The largest absolute Gasteiger partial charge is 0.348 e. The second kappa shape index (κ2) is 7.48. The van der Waals surface area contributed by atoms with Crippen molar-refractivity contribution in [2.45, 2.75) is 6.42 Å². The number of hydrogen-bond acceptors (Lipinski definition) is 2. The van der Waals surface area contributed by atoms with Gasteiger partial charge in [0, 0.05) is 18.1 Å². The van der Waals surface area contributed by atoms with Crippen LogP contribution < -0.4 is 10.6 Å². The van der Waals surface area contributed by atoms with Gasteiger partial charge >= 0.3 is 0 Å². The first-order valence-corrected chi connectivity index (χ1v) is 6.16. The van der Waals surface area contributed by atoms with Crippen LogP contribution in [-0.4, -0.2) is 25.5 Å². The van der Waals surface area contributed by atoms with Crippen LogP contribution in [0.25, 0.3) is 0 Å². The number of amides is 1. The number of carbonyl (C=O) groups excluding carboxylic acids is 1. The number of benzene rings is 1. The summed E-state index contributed by atoms with van der Waals surface area (Å²) < 4.78 is 13.5. The van der Waals surface area contributed by atoms with Crippen molar-refractivity contribution in [1.29, 1.82) is 0 Å². The molecule has 0 bridgehead atoms.